The quantitative estimate of drug-likeness (QED) is 0.291. The molecule has 4 aromatic rings. The molecular formula is C29H30N8O3S. The Morgan fingerprint density at radius 1 is 1.10 bits per heavy atom. The van der Waals surface area contributed by atoms with Crippen LogP contribution in [-0.2, 0) is 10.2 Å². The van der Waals surface area contributed by atoms with Crippen molar-refractivity contribution in [1.29, 1.82) is 5.26 Å². The van der Waals surface area contributed by atoms with Crippen LogP contribution in [0.2, 0.25) is 0 Å². The Labute approximate surface area is 240 Å². The molecule has 2 bridgehead atoms. The zero-order chi connectivity index (χ0) is 28.0. The lowest BCUT2D eigenvalue weighted by Gasteiger charge is -2.52. The molecule has 4 aliphatic rings. The molecule has 0 aromatic carbocycles. The average Bonchev–Trinajstić information content (AvgIpc) is 3.66. The van der Waals surface area contributed by atoms with Crippen LogP contribution in [0.25, 0.3) is 27.5 Å². The van der Waals surface area contributed by atoms with Crippen LogP contribution in [0.1, 0.15) is 61.9 Å². The fraction of sp³-hybridized carbons (Fsp3) is 0.448. The number of amides is 1. The Hall–Kier alpha value is -4.08. The van der Waals surface area contributed by atoms with E-state index in [0.29, 0.717) is 5.56 Å². The van der Waals surface area contributed by atoms with E-state index in [1.54, 1.807) is 22.0 Å². The molecule has 1 saturated heterocycles. The maximum atomic E-state index is 11.4. The molecule has 12 heteroatoms. The number of hydrogen-bond donors (Lipinski definition) is 3. The molecule has 0 spiro atoms. The standard InChI is InChI=1S/C29H30N8O3S/c30-15-18-13-20-1-2-24(37(20)32-16-18)23-14-22(33-19-3-11-40-12-4-19)21(17-31-23)25-35-36-26(41-25)28-5-8-29(9-6-28,10-7-28)34-27(38)39/h1-2,13-14,16-17,19,34H,3-12H2,(H,31,33)(H,38,39). The first kappa shape index (κ1) is 25.9. The van der Waals surface area contributed by atoms with Crippen LogP contribution in [0.4, 0.5) is 10.5 Å². The number of rotatable bonds is 6. The summed E-state index contributed by atoms with van der Waals surface area (Å²) in [6, 6.07) is 10.2. The SMILES string of the molecule is N#Cc1cnn2c(-c3cc(NC4CCOCC4)c(-c4nnc(C56CCC(NC(=O)O)(CC5)CC6)s4)cn3)ccc2c1. The molecule has 0 atom stereocenters. The molecule has 5 heterocycles. The Morgan fingerprint density at radius 2 is 1.88 bits per heavy atom. The molecule has 0 radical (unpaired) electrons. The fourth-order valence-electron chi connectivity index (χ4n) is 6.67. The minimum Gasteiger partial charge on any atom is -0.465 e. The van der Waals surface area contributed by atoms with Gasteiger partial charge in [-0.3, -0.25) is 4.98 Å². The van der Waals surface area contributed by atoms with Gasteiger partial charge in [0.1, 0.15) is 11.1 Å². The van der Waals surface area contributed by atoms with Gasteiger partial charge in [0, 0.05) is 42.1 Å². The van der Waals surface area contributed by atoms with Gasteiger partial charge in [0.2, 0.25) is 0 Å². The molecule has 0 unspecified atom stereocenters. The van der Waals surface area contributed by atoms with Gasteiger partial charge in [-0.05, 0) is 75.6 Å². The number of hydrogen-bond acceptors (Lipinski definition) is 9. The average molecular weight is 571 g/mol. The highest BCUT2D eigenvalue weighted by Crippen LogP contribution is 2.54. The van der Waals surface area contributed by atoms with Crippen LogP contribution in [0, 0.1) is 11.3 Å². The summed E-state index contributed by atoms with van der Waals surface area (Å²) in [5.74, 6) is 0. The summed E-state index contributed by atoms with van der Waals surface area (Å²) in [6.45, 7) is 1.45. The first-order valence-corrected chi connectivity index (χ1v) is 14.9. The minimum atomic E-state index is -0.936. The number of anilines is 1. The van der Waals surface area contributed by atoms with Gasteiger partial charge in [-0.1, -0.05) is 11.3 Å². The van der Waals surface area contributed by atoms with Gasteiger partial charge in [0.15, 0.2) is 5.01 Å². The number of nitrogens with zero attached hydrogens (tertiary/aromatic N) is 6. The zero-order valence-electron chi connectivity index (χ0n) is 22.5. The second-order valence-electron chi connectivity index (χ2n) is 11.5. The summed E-state index contributed by atoms with van der Waals surface area (Å²) in [7, 11) is 0. The number of aromatic nitrogens is 5. The predicted octanol–water partition coefficient (Wildman–Crippen LogP) is 4.99. The predicted molar refractivity (Wildman–Crippen MR) is 153 cm³/mol. The molecule has 3 saturated carbocycles. The van der Waals surface area contributed by atoms with E-state index < -0.39 is 6.09 Å². The molecular weight excluding hydrogens is 540 g/mol. The van der Waals surface area contributed by atoms with Gasteiger partial charge in [0.25, 0.3) is 0 Å². The number of pyridine rings is 1. The van der Waals surface area contributed by atoms with E-state index in [-0.39, 0.29) is 17.0 Å². The summed E-state index contributed by atoms with van der Waals surface area (Å²) >= 11 is 1.63. The molecule has 4 aromatic heterocycles. The first-order chi connectivity index (χ1) is 20.0. The van der Waals surface area contributed by atoms with E-state index in [2.05, 4.69) is 33.0 Å². The Morgan fingerprint density at radius 3 is 2.61 bits per heavy atom. The Balaban J connectivity index is 1.22. The normalized spacial score (nSPS) is 24.3. The van der Waals surface area contributed by atoms with Gasteiger partial charge >= 0.3 is 6.09 Å². The van der Waals surface area contributed by atoms with Crippen molar-refractivity contribution in [2.75, 3.05) is 18.5 Å². The number of ether oxygens (including phenoxy) is 1. The number of carboxylic acid groups (broad SMARTS) is 1. The molecule has 41 heavy (non-hydrogen) atoms. The van der Waals surface area contributed by atoms with E-state index in [1.165, 1.54) is 0 Å². The second kappa shape index (κ2) is 10.1. The number of nitriles is 1. The van der Waals surface area contributed by atoms with Crippen molar-refractivity contribution >= 4 is 28.6 Å². The van der Waals surface area contributed by atoms with Gasteiger partial charge in [-0.2, -0.15) is 10.4 Å². The smallest absolute Gasteiger partial charge is 0.405 e. The topological polar surface area (TPSA) is 150 Å². The van der Waals surface area contributed by atoms with Crippen LogP contribution in [0.15, 0.2) is 36.7 Å². The van der Waals surface area contributed by atoms with Crippen molar-refractivity contribution in [2.24, 2.45) is 0 Å². The van der Waals surface area contributed by atoms with Crippen molar-refractivity contribution in [3.05, 3.63) is 47.2 Å². The Bertz CT molecular complexity index is 1640. The van der Waals surface area contributed by atoms with Crippen molar-refractivity contribution in [3.8, 4) is 28.0 Å². The van der Waals surface area contributed by atoms with Crippen LogP contribution >= 0.6 is 11.3 Å². The summed E-state index contributed by atoms with van der Waals surface area (Å²) in [4.78, 5) is 16.2. The molecule has 4 fully saturated rings. The zero-order valence-corrected chi connectivity index (χ0v) is 23.3. The van der Waals surface area contributed by atoms with E-state index in [0.717, 1.165) is 103 Å². The maximum absolute atomic E-state index is 11.4. The van der Waals surface area contributed by atoms with Crippen LogP contribution in [0.5, 0.6) is 0 Å². The summed E-state index contributed by atoms with van der Waals surface area (Å²) in [5.41, 5.74) is 4.47. The Kier molecular flexibility index (Phi) is 6.36. The first-order valence-electron chi connectivity index (χ1n) is 14.0. The monoisotopic (exact) mass is 570 g/mol. The van der Waals surface area contributed by atoms with Crippen molar-refractivity contribution in [3.63, 3.8) is 0 Å². The van der Waals surface area contributed by atoms with Crippen molar-refractivity contribution in [2.45, 2.75) is 68.4 Å². The van der Waals surface area contributed by atoms with Crippen LogP contribution in [0.3, 0.4) is 0 Å². The number of fused-ring (bicyclic) bond motifs is 4. The number of carbonyl (C=O) groups is 1. The van der Waals surface area contributed by atoms with E-state index in [1.807, 2.05) is 24.4 Å². The molecule has 1 aliphatic heterocycles. The largest absolute Gasteiger partial charge is 0.465 e. The minimum absolute atomic E-state index is 0.0433. The lowest BCUT2D eigenvalue weighted by molar-refractivity contribution is 0.0743. The molecule has 3 N–H and O–H groups in total. The van der Waals surface area contributed by atoms with E-state index >= 15 is 0 Å². The maximum Gasteiger partial charge on any atom is 0.405 e. The molecule has 1 amide bonds. The van der Waals surface area contributed by atoms with Crippen molar-refractivity contribution in [1.82, 2.24) is 30.1 Å². The van der Waals surface area contributed by atoms with E-state index in [4.69, 9.17) is 14.8 Å². The lowest BCUT2D eigenvalue weighted by Crippen LogP contribution is -2.57. The molecule has 210 valence electrons. The third kappa shape index (κ3) is 4.69. The van der Waals surface area contributed by atoms with Gasteiger partial charge in [-0.15, -0.1) is 10.2 Å². The second-order valence-corrected chi connectivity index (χ2v) is 12.4. The van der Waals surface area contributed by atoms with E-state index in [9.17, 15) is 15.2 Å². The van der Waals surface area contributed by atoms with Gasteiger partial charge in [-0.25, -0.2) is 9.31 Å². The molecule has 11 nitrogen and oxygen atoms in total. The van der Waals surface area contributed by atoms with Crippen LogP contribution in [-0.4, -0.2) is 60.8 Å². The highest BCUT2D eigenvalue weighted by molar-refractivity contribution is 7.14. The van der Waals surface area contributed by atoms with Crippen LogP contribution < -0.4 is 10.6 Å². The highest BCUT2D eigenvalue weighted by atomic mass is 32.1. The summed E-state index contributed by atoms with van der Waals surface area (Å²) in [5, 5.41) is 40.8. The number of nitrogens with one attached hydrogen (secondary N) is 2. The lowest BCUT2D eigenvalue weighted by atomic mass is 9.57. The third-order valence-corrected chi connectivity index (χ3v) is 10.3. The van der Waals surface area contributed by atoms with Gasteiger partial charge < -0.3 is 20.5 Å². The fourth-order valence-corrected chi connectivity index (χ4v) is 7.81. The summed E-state index contributed by atoms with van der Waals surface area (Å²) < 4.78 is 7.38. The van der Waals surface area contributed by atoms with Gasteiger partial charge in [0.05, 0.1) is 34.2 Å². The highest BCUT2D eigenvalue weighted by Gasteiger charge is 2.51. The molecule has 3 aliphatic carbocycles. The summed E-state index contributed by atoms with van der Waals surface area (Å²) in [6.07, 6.45) is 9.55. The molecule has 8 rings (SSSR count). The van der Waals surface area contributed by atoms with Crippen molar-refractivity contribution < 1.29 is 14.6 Å². The third-order valence-electron chi connectivity index (χ3n) is 9.10.